The fourth-order valence-electron chi connectivity index (χ4n) is 3.35. The van der Waals surface area contributed by atoms with E-state index in [4.69, 9.17) is 5.14 Å². The number of benzene rings is 2. The van der Waals surface area contributed by atoms with Crippen LogP contribution in [0.15, 0.2) is 63.8 Å². The van der Waals surface area contributed by atoms with E-state index in [0.29, 0.717) is 11.3 Å². The van der Waals surface area contributed by atoms with E-state index in [1.54, 1.807) is 23.5 Å². The summed E-state index contributed by atoms with van der Waals surface area (Å²) in [6.07, 6.45) is 0. The van der Waals surface area contributed by atoms with Crippen LogP contribution in [-0.4, -0.2) is 29.5 Å². The van der Waals surface area contributed by atoms with Crippen LogP contribution in [0.1, 0.15) is 21.7 Å². The zero-order chi connectivity index (χ0) is 21.5. The van der Waals surface area contributed by atoms with Crippen LogP contribution in [0.25, 0.3) is 15.9 Å². The number of aromatic nitrogens is 2. The third kappa shape index (κ3) is 4.06. The first kappa shape index (κ1) is 20.8. The first-order chi connectivity index (χ1) is 14.2. The fraction of sp³-hybridized carbons (Fsp3) is 0.143. The molecule has 30 heavy (non-hydrogen) atoms. The lowest BCUT2D eigenvalue weighted by molar-refractivity contribution is 0.102. The van der Waals surface area contributed by atoms with Crippen molar-refractivity contribution in [3.05, 3.63) is 71.5 Å². The van der Waals surface area contributed by atoms with Crippen molar-refractivity contribution in [1.82, 2.24) is 9.55 Å². The van der Waals surface area contributed by atoms with Crippen LogP contribution in [0.2, 0.25) is 0 Å². The molecule has 9 heteroatoms. The summed E-state index contributed by atoms with van der Waals surface area (Å²) in [5, 5.41) is 5.17. The lowest BCUT2D eigenvalue weighted by Gasteiger charge is -2.10. The second-order valence-electron chi connectivity index (χ2n) is 6.82. The van der Waals surface area contributed by atoms with Gasteiger partial charge in [0, 0.05) is 22.6 Å². The van der Waals surface area contributed by atoms with Gasteiger partial charge in [-0.15, -0.1) is 11.3 Å². The molecule has 0 amide bonds. The summed E-state index contributed by atoms with van der Waals surface area (Å²) in [5.74, 6) is 0.328. The second kappa shape index (κ2) is 7.99. The topological polar surface area (TPSA) is 95.0 Å². The molecule has 0 saturated carbocycles. The second-order valence-corrected chi connectivity index (χ2v) is 10.6. The number of sulfonamides is 1. The van der Waals surface area contributed by atoms with Crippen molar-refractivity contribution in [2.24, 2.45) is 5.14 Å². The number of Topliss-reactive ketones (excluding diaryl/α,β-unsaturated/α-hetero) is 1. The number of hydrogen-bond donors (Lipinski definition) is 1. The van der Waals surface area contributed by atoms with E-state index in [1.807, 2.05) is 48.7 Å². The van der Waals surface area contributed by atoms with Crippen molar-refractivity contribution in [1.29, 1.82) is 0 Å². The number of hydrogen-bond acceptors (Lipinski definition) is 6. The number of thioether (sulfide) groups is 1. The molecule has 0 saturated heterocycles. The molecule has 2 aromatic carbocycles. The molecule has 0 bridgehead atoms. The number of para-hydroxylation sites is 1. The minimum atomic E-state index is -3.74. The third-order valence-corrected chi connectivity index (χ3v) is 7.86. The SMILES string of the molecule is Cc1cc(C(=O)CSc2nc3ccccc3s2)c(C)n1-c1ccc(S(N)(=O)=O)cc1. The van der Waals surface area contributed by atoms with Crippen molar-refractivity contribution < 1.29 is 13.2 Å². The van der Waals surface area contributed by atoms with Gasteiger partial charge in [-0.25, -0.2) is 18.5 Å². The van der Waals surface area contributed by atoms with Crippen molar-refractivity contribution in [3.63, 3.8) is 0 Å². The van der Waals surface area contributed by atoms with Gasteiger partial charge in [-0.2, -0.15) is 0 Å². The highest BCUT2D eigenvalue weighted by atomic mass is 32.2. The number of carbonyl (C=O) groups is 1. The number of rotatable bonds is 6. The maximum Gasteiger partial charge on any atom is 0.238 e. The Morgan fingerprint density at radius 1 is 1.13 bits per heavy atom. The summed E-state index contributed by atoms with van der Waals surface area (Å²) in [4.78, 5) is 17.5. The van der Waals surface area contributed by atoms with Crippen LogP contribution in [0.3, 0.4) is 0 Å². The highest BCUT2D eigenvalue weighted by Crippen LogP contribution is 2.30. The Kier molecular flexibility index (Phi) is 5.54. The average Bonchev–Trinajstić information content (AvgIpc) is 3.25. The van der Waals surface area contributed by atoms with Gasteiger partial charge in [0.25, 0.3) is 0 Å². The summed E-state index contributed by atoms with van der Waals surface area (Å²) < 4.78 is 26.9. The predicted octanol–water partition coefficient (Wildman–Crippen LogP) is 4.33. The molecule has 0 aliphatic carbocycles. The Labute approximate surface area is 182 Å². The molecule has 0 atom stereocenters. The van der Waals surface area contributed by atoms with Crippen LogP contribution in [0.4, 0.5) is 0 Å². The summed E-state index contributed by atoms with van der Waals surface area (Å²) >= 11 is 3.02. The maximum absolute atomic E-state index is 12.9. The number of primary sulfonamides is 1. The minimum absolute atomic E-state index is 0.0276. The van der Waals surface area contributed by atoms with Crippen molar-refractivity contribution in [2.45, 2.75) is 23.1 Å². The third-order valence-electron chi connectivity index (χ3n) is 4.76. The van der Waals surface area contributed by atoms with Gasteiger partial charge in [0.2, 0.25) is 10.0 Å². The number of thiazole rings is 1. The molecule has 0 aliphatic heterocycles. The van der Waals surface area contributed by atoms with Gasteiger partial charge in [-0.05, 0) is 56.3 Å². The van der Waals surface area contributed by atoms with Crippen LogP contribution < -0.4 is 5.14 Å². The number of carbonyl (C=O) groups excluding carboxylic acids is 1. The quantitative estimate of drug-likeness (QED) is 0.344. The predicted molar refractivity (Wildman–Crippen MR) is 121 cm³/mol. The molecule has 0 unspecified atom stereocenters. The lowest BCUT2D eigenvalue weighted by Crippen LogP contribution is -2.12. The standard InChI is InChI=1S/C21H19N3O3S3/c1-13-11-17(14(2)24(13)15-7-9-16(10-8-15)30(22,26)27)19(25)12-28-21-23-18-5-3-4-6-20(18)29-21/h3-11H,12H2,1-2H3,(H2,22,26,27). The highest BCUT2D eigenvalue weighted by molar-refractivity contribution is 8.01. The van der Waals surface area contributed by atoms with Gasteiger partial charge in [-0.1, -0.05) is 23.9 Å². The van der Waals surface area contributed by atoms with Crippen LogP contribution in [0.5, 0.6) is 0 Å². The molecule has 4 aromatic rings. The molecule has 2 heterocycles. The molecule has 6 nitrogen and oxygen atoms in total. The number of ketones is 1. The van der Waals surface area contributed by atoms with E-state index in [0.717, 1.165) is 31.6 Å². The molecule has 0 fully saturated rings. The van der Waals surface area contributed by atoms with Crippen molar-refractivity contribution >= 4 is 49.1 Å². The maximum atomic E-state index is 12.9. The minimum Gasteiger partial charge on any atom is -0.318 e. The van der Waals surface area contributed by atoms with E-state index >= 15 is 0 Å². The Hall–Kier alpha value is -2.46. The van der Waals surface area contributed by atoms with E-state index in [1.165, 1.54) is 23.9 Å². The lowest BCUT2D eigenvalue weighted by atomic mass is 10.2. The summed E-state index contributed by atoms with van der Waals surface area (Å²) in [6.45, 7) is 3.80. The molecular formula is C21H19N3O3S3. The van der Waals surface area contributed by atoms with Crippen LogP contribution in [-0.2, 0) is 10.0 Å². The van der Waals surface area contributed by atoms with Crippen LogP contribution >= 0.6 is 23.1 Å². The van der Waals surface area contributed by atoms with Gasteiger partial charge < -0.3 is 4.57 Å². The van der Waals surface area contributed by atoms with Gasteiger partial charge in [-0.3, -0.25) is 4.79 Å². The van der Waals surface area contributed by atoms with E-state index in [-0.39, 0.29) is 10.7 Å². The van der Waals surface area contributed by atoms with E-state index < -0.39 is 10.0 Å². The molecule has 0 aliphatic rings. The first-order valence-corrected chi connectivity index (χ1v) is 12.4. The molecule has 4 rings (SSSR count). The summed E-state index contributed by atoms with van der Waals surface area (Å²) in [7, 11) is -3.74. The normalized spacial score (nSPS) is 11.8. The van der Waals surface area contributed by atoms with E-state index in [2.05, 4.69) is 4.98 Å². The van der Waals surface area contributed by atoms with E-state index in [9.17, 15) is 13.2 Å². The fourth-order valence-corrected chi connectivity index (χ4v) is 5.81. The summed E-state index contributed by atoms with van der Waals surface area (Å²) in [6, 6.07) is 16.1. The zero-order valence-electron chi connectivity index (χ0n) is 16.3. The zero-order valence-corrected chi connectivity index (χ0v) is 18.8. The molecular weight excluding hydrogens is 438 g/mol. The molecule has 154 valence electrons. The largest absolute Gasteiger partial charge is 0.318 e. The van der Waals surface area contributed by atoms with Crippen molar-refractivity contribution in [3.8, 4) is 5.69 Å². The van der Waals surface area contributed by atoms with Crippen molar-refractivity contribution in [2.75, 3.05) is 5.75 Å². The Balaban J connectivity index is 1.55. The van der Waals surface area contributed by atoms with Gasteiger partial charge in [0.05, 0.1) is 20.9 Å². The van der Waals surface area contributed by atoms with Gasteiger partial charge >= 0.3 is 0 Å². The van der Waals surface area contributed by atoms with Gasteiger partial charge in [0.1, 0.15) is 0 Å². The average molecular weight is 458 g/mol. The molecule has 0 radical (unpaired) electrons. The highest BCUT2D eigenvalue weighted by Gasteiger charge is 2.18. The molecule has 0 spiro atoms. The van der Waals surface area contributed by atoms with Gasteiger partial charge in [0.15, 0.2) is 10.1 Å². The Morgan fingerprint density at radius 3 is 2.50 bits per heavy atom. The first-order valence-electron chi connectivity index (χ1n) is 9.08. The monoisotopic (exact) mass is 457 g/mol. The van der Waals surface area contributed by atoms with Crippen LogP contribution in [0, 0.1) is 13.8 Å². The number of nitrogens with two attached hydrogens (primary N) is 1. The number of aryl methyl sites for hydroxylation is 1. The molecule has 2 N–H and O–H groups in total. The summed E-state index contributed by atoms with van der Waals surface area (Å²) in [5.41, 5.74) is 4.07. The Morgan fingerprint density at radius 2 is 1.83 bits per heavy atom. The smallest absolute Gasteiger partial charge is 0.238 e. The Bertz CT molecular complexity index is 1320. The number of fused-ring (bicyclic) bond motifs is 1. The molecule has 2 aromatic heterocycles. The number of nitrogens with zero attached hydrogens (tertiary/aromatic N) is 2.